The molecule has 1 rings (SSSR count). The highest BCUT2D eigenvalue weighted by Crippen LogP contribution is 2.14. The Kier molecular flexibility index (Phi) is 16.6. The number of likely N-dealkylation sites (N-methyl/N-ethyl adjacent to an activating group) is 1. The first kappa shape index (κ1) is 28.9. The number of unbranched alkanes of at least 4 members (excludes halogenated alkanes) is 14. The summed E-state index contributed by atoms with van der Waals surface area (Å²) < 4.78 is 0.741. The fourth-order valence-corrected chi connectivity index (χ4v) is 4.63. The van der Waals surface area contributed by atoms with Crippen LogP contribution in [0.5, 0.6) is 0 Å². The molecule has 1 N–H and O–H groups in total. The summed E-state index contributed by atoms with van der Waals surface area (Å²) in [7, 11) is 4.26. The van der Waals surface area contributed by atoms with Gasteiger partial charge in [0.05, 0.1) is 27.2 Å². The molecule has 32 heavy (non-hydrogen) atoms. The number of nitrogens with zero attached hydrogens (tertiary/aromatic N) is 2. The van der Waals surface area contributed by atoms with Crippen LogP contribution in [0.25, 0.3) is 0 Å². The molecule has 1 heterocycles. The van der Waals surface area contributed by atoms with E-state index >= 15 is 0 Å². The molecule has 0 spiro atoms. The highest BCUT2D eigenvalue weighted by Gasteiger charge is 2.27. The van der Waals surface area contributed by atoms with E-state index in [1.807, 2.05) is 4.90 Å². The number of carbonyl (C=O) groups excluding carboxylic acids is 2. The van der Waals surface area contributed by atoms with Gasteiger partial charge in [-0.15, -0.1) is 0 Å². The Morgan fingerprint density at radius 3 is 1.81 bits per heavy atom. The Morgan fingerprint density at radius 2 is 1.34 bits per heavy atom. The summed E-state index contributed by atoms with van der Waals surface area (Å²) in [4.78, 5) is 25.8. The predicted molar refractivity (Wildman–Crippen MR) is 135 cm³/mol. The Hall–Kier alpha value is -1.10. The van der Waals surface area contributed by atoms with E-state index in [0.717, 1.165) is 37.1 Å². The van der Waals surface area contributed by atoms with Crippen LogP contribution >= 0.6 is 0 Å². The summed E-state index contributed by atoms with van der Waals surface area (Å²) in [5.74, 6) is 0.449. The number of hydrogen-bond acceptors (Lipinski definition) is 2. The summed E-state index contributed by atoms with van der Waals surface area (Å²) in [6.07, 6.45) is 22.5. The van der Waals surface area contributed by atoms with Gasteiger partial charge in [-0.1, -0.05) is 96.8 Å². The van der Waals surface area contributed by atoms with Gasteiger partial charge in [0.25, 0.3) is 0 Å². The molecule has 0 bridgehead atoms. The Balaban J connectivity index is 1.85. The van der Waals surface area contributed by atoms with E-state index in [-0.39, 0.29) is 11.8 Å². The first-order valence-electron chi connectivity index (χ1n) is 13.8. The van der Waals surface area contributed by atoms with Gasteiger partial charge in [-0.3, -0.25) is 14.5 Å². The number of carbonyl (C=O) groups is 2. The third kappa shape index (κ3) is 15.7. The molecular formula is C27H54N3O2+. The molecule has 0 aliphatic carbocycles. The molecule has 1 fully saturated rings. The van der Waals surface area contributed by atoms with Crippen molar-refractivity contribution in [1.82, 2.24) is 10.2 Å². The van der Waals surface area contributed by atoms with Gasteiger partial charge in [0.15, 0.2) is 6.67 Å². The van der Waals surface area contributed by atoms with Gasteiger partial charge in [0, 0.05) is 19.4 Å². The number of rotatable bonds is 21. The number of amides is 2. The average molecular weight is 453 g/mol. The molecule has 1 aliphatic rings. The van der Waals surface area contributed by atoms with Crippen LogP contribution in [-0.4, -0.2) is 61.6 Å². The van der Waals surface area contributed by atoms with Crippen LogP contribution in [0.2, 0.25) is 0 Å². The summed E-state index contributed by atoms with van der Waals surface area (Å²) >= 11 is 0. The van der Waals surface area contributed by atoms with Crippen molar-refractivity contribution in [2.75, 3.05) is 40.4 Å². The normalized spacial score (nSPS) is 14.3. The van der Waals surface area contributed by atoms with Gasteiger partial charge >= 0.3 is 0 Å². The molecule has 0 aromatic heterocycles. The lowest BCUT2D eigenvalue weighted by Gasteiger charge is -2.33. The molecule has 5 heteroatoms. The second-order valence-electron chi connectivity index (χ2n) is 10.6. The summed E-state index contributed by atoms with van der Waals surface area (Å²) in [5, 5.41) is 3.07. The quantitative estimate of drug-likeness (QED) is 0.171. The molecule has 0 aromatic rings. The minimum atomic E-state index is 0.178. The maximum Gasteiger partial charge on any atom is 0.226 e. The van der Waals surface area contributed by atoms with Crippen molar-refractivity contribution < 1.29 is 14.1 Å². The standard InChI is InChI=1S/C27H53N3O2/c1-4-5-6-7-8-9-10-11-12-13-14-15-16-17-18-20-26(31)28-22-24-30(2,3)25-29-23-19-21-27(29)32/h4-25H2,1-3H3/p+1. The fourth-order valence-electron chi connectivity index (χ4n) is 4.63. The molecule has 0 aromatic carbocycles. The van der Waals surface area contributed by atoms with Crippen molar-refractivity contribution in [3.8, 4) is 0 Å². The third-order valence-corrected chi connectivity index (χ3v) is 6.77. The molecule has 0 radical (unpaired) electrons. The van der Waals surface area contributed by atoms with E-state index in [4.69, 9.17) is 0 Å². The number of hydrogen-bond donors (Lipinski definition) is 1. The van der Waals surface area contributed by atoms with E-state index in [0.29, 0.717) is 19.4 Å². The highest BCUT2D eigenvalue weighted by atomic mass is 16.2. The van der Waals surface area contributed by atoms with Gasteiger partial charge < -0.3 is 9.80 Å². The first-order chi connectivity index (χ1) is 15.4. The number of quaternary nitrogens is 1. The summed E-state index contributed by atoms with van der Waals surface area (Å²) in [5.41, 5.74) is 0. The predicted octanol–water partition coefficient (Wildman–Crippen LogP) is 6.02. The van der Waals surface area contributed by atoms with E-state index in [1.54, 1.807) is 0 Å². The van der Waals surface area contributed by atoms with E-state index < -0.39 is 0 Å². The van der Waals surface area contributed by atoms with Crippen LogP contribution in [0, 0.1) is 0 Å². The lowest BCUT2D eigenvalue weighted by molar-refractivity contribution is -0.897. The van der Waals surface area contributed by atoms with Crippen LogP contribution in [0.4, 0.5) is 0 Å². The molecule has 1 aliphatic heterocycles. The van der Waals surface area contributed by atoms with Crippen molar-refractivity contribution in [2.45, 2.75) is 122 Å². The monoisotopic (exact) mass is 452 g/mol. The minimum Gasteiger partial charge on any atom is -0.350 e. The number of nitrogens with one attached hydrogen (secondary N) is 1. The molecule has 0 unspecified atom stereocenters. The average Bonchev–Trinajstić information content (AvgIpc) is 3.14. The zero-order valence-corrected chi connectivity index (χ0v) is 21.8. The van der Waals surface area contributed by atoms with Gasteiger partial charge in [-0.2, -0.15) is 0 Å². The lowest BCUT2D eigenvalue weighted by Crippen LogP contribution is -2.52. The van der Waals surface area contributed by atoms with Crippen LogP contribution < -0.4 is 5.32 Å². The van der Waals surface area contributed by atoms with Crippen molar-refractivity contribution in [3.63, 3.8) is 0 Å². The van der Waals surface area contributed by atoms with E-state index in [2.05, 4.69) is 26.3 Å². The van der Waals surface area contributed by atoms with Crippen LogP contribution in [0.3, 0.4) is 0 Å². The second kappa shape index (κ2) is 18.3. The Bertz CT molecular complexity index is 493. The zero-order chi connectivity index (χ0) is 23.5. The highest BCUT2D eigenvalue weighted by molar-refractivity contribution is 5.77. The van der Waals surface area contributed by atoms with Crippen molar-refractivity contribution in [3.05, 3.63) is 0 Å². The lowest BCUT2D eigenvalue weighted by atomic mass is 10.0. The number of likely N-dealkylation sites (tertiary alicyclic amines) is 1. The SMILES string of the molecule is CCCCCCCCCCCCCCCCCC(=O)NCC[N+](C)(C)CN1CCCC1=O. The molecule has 0 atom stereocenters. The van der Waals surface area contributed by atoms with Crippen LogP contribution in [-0.2, 0) is 9.59 Å². The molecule has 5 nitrogen and oxygen atoms in total. The summed E-state index contributed by atoms with van der Waals surface area (Å²) in [6.45, 7) is 5.45. The largest absolute Gasteiger partial charge is 0.350 e. The Labute approximate surface area is 199 Å². The molecule has 1 saturated heterocycles. The Morgan fingerprint density at radius 1 is 0.844 bits per heavy atom. The minimum absolute atomic E-state index is 0.178. The van der Waals surface area contributed by atoms with Crippen molar-refractivity contribution >= 4 is 11.8 Å². The molecule has 0 saturated carbocycles. The van der Waals surface area contributed by atoms with Gasteiger partial charge in [-0.25, -0.2) is 0 Å². The fraction of sp³-hybridized carbons (Fsp3) is 0.926. The zero-order valence-electron chi connectivity index (χ0n) is 21.8. The van der Waals surface area contributed by atoms with Gasteiger partial charge in [0.2, 0.25) is 11.8 Å². The maximum atomic E-state index is 12.1. The van der Waals surface area contributed by atoms with Crippen molar-refractivity contribution in [1.29, 1.82) is 0 Å². The van der Waals surface area contributed by atoms with Crippen molar-refractivity contribution in [2.24, 2.45) is 0 Å². The first-order valence-corrected chi connectivity index (χ1v) is 13.8. The van der Waals surface area contributed by atoms with Crippen LogP contribution in [0.1, 0.15) is 122 Å². The van der Waals surface area contributed by atoms with Crippen LogP contribution in [0.15, 0.2) is 0 Å². The smallest absolute Gasteiger partial charge is 0.226 e. The third-order valence-electron chi connectivity index (χ3n) is 6.77. The van der Waals surface area contributed by atoms with E-state index in [1.165, 1.54) is 89.9 Å². The topological polar surface area (TPSA) is 49.4 Å². The molecule has 2 amide bonds. The molecule has 188 valence electrons. The van der Waals surface area contributed by atoms with Gasteiger partial charge in [-0.05, 0) is 12.8 Å². The summed E-state index contributed by atoms with van der Waals surface area (Å²) in [6, 6.07) is 0. The second-order valence-corrected chi connectivity index (χ2v) is 10.6. The maximum absolute atomic E-state index is 12.1. The van der Waals surface area contributed by atoms with Gasteiger partial charge in [0.1, 0.15) is 0 Å². The van der Waals surface area contributed by atoms with E-state index in [9.17, 15) is 9.59 Å². The molecular weight excluding hydrogens is 398 g/mol.